The van der Waals surface area contributed by atoms with Crippen molar-refractivity contribution in [3.05, 3.63) is 35.9 Å². The summed E-state index contributed by atoms with van der Waals surface area (Å²) in [6, 6.07) is 6.46. The third-order valence-corrected chi connectivity index (χ3v) is 14.7. The van der Waals surface area contributed by atoms with Gasteiger partial charge in [0.1, 0.15) is 11.9 Å². The van der Waals surface area contributed by atoms with Crippen molar-refractivity contribution < 1.29 is 24.2 Å². The highest BCUT2D eigenvalue weighted by Crippen LogP contribution is 2.75. The number of ketones is 1. The average Bonchev–Trinajstić information content (AvgIpc) is 2.95. The smallest absolute Gasteiger partial charge is 0.302 e. The van der Waals surface area contributed by atoms with Crippen molar-refractivity contribution in [2.45, 2.75) is 113 Å². The molecular weight excluding hydrogens is 550 g/mol. The molecule has 6 heteroatoms. The van der Waals surface area contributed by atoms with Crippen LogP contribution in [0.15, 0.2) is 35.9 Å². The van der Waals surface area contributed by atoms with E-state index < -0.39 is 22.9 Å². The van der Waals surface area contributed by atoms with E-state index in [4.69, 9.17) is 4.74 Å². The highest BCUT2D eigenvalue weighted by atomic mass is 16.5. The Labute approximate surface area is 263 Å². The third-order valence-electron chi connectivity index (χ3n) is 14.7. The summed E-state index contributed by atoms with van der Waals surface area (Å²) in [6.07, 6.45) is 9.24. The number of aromatic hydroxyl groups is 1. The van der Waals surface area contributed by atoms with E-state index in [1.807, 2.05) is 6.92 Å². The molecule has 1 aromatic rings. The number of carbonyl (C=O) groups is 3. The maximum absolute atomic E-state index is 14.7. The van der Waals surface area contributed by atoms with Gasteiger partial charge in [-0.3, -0.25) is 14.4 Å². The number of fused-ring (bicyclic) bond motifs is 7. The molecule has 6 rings (SSSR count). The number of carbonyl (C=O) groups excluding carboxylic acids is 3. The van der Waals surface area contributed by atoms with Gasteiger partial charge in [-0.15, -0.1) is 0 Å². The molecule has 3 unspecified atom stereocenters. The number of allylic oxidation sites excluding steroid dienone is 2. The minimum atomic E-state index is -1.03. The zero-order valence-corrected chi connectivity index (χ0v) is 28.1. The number of esters is 1. The number of phenolic OH excluding ortho intramolecular Hbond substituents is 1. The van der Waals surface area contributed by atoms with Gasteiger partial charge in [0.2, 0.25) is 5.91 Å². The molecule has 2 N–H and O–H groups in total. The van der Waals surface area contributed by atoms with Gasteiger partial charge in [-0.2, -0.15) is 0 Å². The summed E-state index contributed by atoms with van der Waals surface area (Å²) in [6.45, 7) is 17.8. The van der Waals surface area contributed by atoms with E-state index in [1.165, 1.54) is 31.8 Å². The van der Waals surface area contributed by atoms with E-state index >= 15 is 0 Å². The van der Waals surface area contributed by atoms with E-state index in [1.54, 1.807) is 24.3 Å². The van der Waals surface area contributed by atoms with Crippen LogP contribution in [0.2, 0.25) is 0 Å². The van der Waals surface area contributed by atoms with Crippen LogP contribution in [0, 0.1) is 56.7 Å². The summed E-state index contributed by atoms with van der Waals surface area (Å²) in [7, 11) is 0. The lowest BCUT2D eigenvalue weighted by atomic mass is 9.33. The highest BCUT2D eigenvalue weighted by molar-refractivity contribution is 5.98. The first kappa shape index (κ1) is 31.4. The third kappa shape index (κ3) is 4.21. The van der Waals surface area contributed by atoms with E-state index in [9.17, 15) is 19.5 Å². The Hall–Kier alpha value is -2.63. The van der Waals surface area contributed by atoms with Gasteiger partial charge in [-0.25, -0.2) is 0 Å². The number of ether oxygens (including phenoxy) is 1. The van der Waals surface area contributed by atoms with Crippen molar-refractivity contribution in [3.63, 3.8) is 0 Å². The van der Waals surface area contributed by atoms with Crippen LogP contribution >= 0.6 is 0 Å². The fourth-order valence-electron chi connectivity index (χ4n) is 11.8. The van der Waals surface area contributed by atoms with Gasteiger partial charge >= 0.3 is 5.97 Å². The van der Waals surface area contributed by atoms with Crippen LogP contribution < -0.4 is 5.32 Å². The lowest BCUT2D eigenvalue weighted by molar-refractivity contribution is -0.212. The molecule has 0 radical (unpaired) electrons. The molecule has 1 aromatic carbocycles. The van der Waals surface area contributed by atoms with Crippen LogP contribution in [0.25, 0.3) is 0 Å². The second-order valence-electron chi connectivity index (χ2n) is 16.7. The SMILES string of the molecule is CC(=O)O[C@@H]1CC[C@@]2(C)C(CC[C@]3(C)C2C(=O)C=C2C4[C@@H](C)[C@H](C)CC[C@]4(C)CC[C@]23C)[C@@]1(C)C(=O)Nc1ccc(O)cc1. The fraction of sp³-hybridized carbons (Fsp3) is 0.711. The molecule has 4 saturated carbocycles. The first-order chi connectivity index (χ1) is 20.5. The van der Waals surface area contributed by atoms with Gasteiger partial charge in [0, 0.05) is 18.5 Å². The van der Waals surface area contributed by atoms with E-state index in [0.29, 0.717) is 29.9 Å². The molecule has 1 amide bonds. The number of amides is 1. The minimum Gasteiger partial charge on any atom is -0.508 e. The molecule has 5 aliphatic carbocycles. The Morgan fingerprint density at radius 3 is 2.25 bits per heavy atom. The number of hydrogen-bond acceptors (Lipinski definition) is 5. The van der Waals surface area contributed by atoms with Crippen molar-refractivity contribution in [1.29, 1.82) is 0 Å². The quantitative estimate of drug-likeness (QED) is 0.269. The van der Waals surface area contributed by atoms with Crippen molar-refractivity contribution in [1.82, 2.24) is 0 Å². The summed E-state index contributed by atoms with van der Waals surface area (Å²) in [5, 5.41) is 12.9. The number of nitrogens with one attached hydrogen (secondary N) is 1. The monoisotopic (exact) mass is 603 g/mol. The predicted molar refractivity (Wildman–Crippen MR) is 172 cm³/mol. The number of hydrogen-bond donors (Lipinski definition) is 2. The Bertz CT molecular complexity index is 1400. The lowest BCUT2D eigenvalue weighted by Gasteiger charge is -2.70. The second-order valence-corrected chi connectivity index (χ2v) is 16.7. The zero-order valence-electron chi connectivity index (χ0n) is 28.1. The molecule has 6 nitrogen and oxygen atoms in total. The largest absolute Gasteiger partial charge is 0.508 e. The Balaban J connectivity index is 1.43. The molecule has 240 valence electrons. The van der Waals surface area contributed by atoms with Gasteiger partial charge in [0.25, 0.3) is 0 Å². The molecule has 0 aromatic heterocycles. The van der Waals surface area contributed by atoms with Crippen LogP contribution in [0.3, 0.4) is 0 Å². The van der Waals surface area contributed by atoms with Gasteiger partial charge < -0.3 is 15.2 Å². The topological polar surface area (TPSA) is 92.7 Å². The zero-order chi connectivity index (χ0) is 32.0. The summed E-state index contributed by atoms with van der Waals surface area (Å²) in [5.41, 5.74) is 0.488. The number of anilines is 1. The molecule has 0 saturated heterocycles. The number of benzene rings is 1. The van der Waals surface area contributed by atoms with Crippen molar-refractivity contribution in [2.24, 2.45) is 56.7 Å². The Kier molecular flexibility index (Phi) is 7.26. The first-order valence-corrected chi connectivity index (χ1v) is 17.0. The van der Waals surface area contributed by atoms with Crippen LogP contribution in [0.5, 0.6) is 5.75 Å². The minimum absolute atomic E-state index is 0.0769. The molecule has 0 aliphatic heterocycles. The van der Waals surface area contributed by atoms with E-state index in [2.05, 4.69) is 52.9 Å². The molecule has 4 fully saturated rings. The van der Waals surface area contributed by atoms with Crippen molar-refractivity contribution in [3.8, 4) is 5.75 Å². The number of phenols is 1. The first-order valence-electron chi connectivity index (χ1n) is 17.0. The molecule has 0 bridgehead atoms. The van der Waals surface area contributed by atoms with Gasteiger partial charge in [0.15, 0.2) is 5.78 Å². The fourth-order valence-corrected chi connectivity index (χ4v) is 11.8. The van der Waals surface area contributed by atoms with Crippen molar-refractivity contribution >= 4 is 23.3 Å². The van der Waals surface area contributed by atoms with Crippen LogP contribution in [-0.2, 0) is 19.1 Å². The Morgan fingerprint density at radius 2 is 1.59 bits per heavy atom. The number of rotatable bonds is 3. The predicted octanol–water partition coefficient (Wildman–Crippen LogP) is 8.10. The normalized spacial score (nSPS) is 46.4. The van der Waals surface area contributed by atoms with Gasteiger partial charge in [0.05, 0.1) is 5.41 Å². The van der Waals surface area contributed by atoms with Gasteiger partial charge in [-0.1, -0.05) is 47.1 Å². The van der Waals surface area contributed by atoms with E-state index in [0.717, 1.165) is 25.7 Å². The maximum Gasteiger partial charge on any atom is 0.302 e. The average molecular weight is 604 g/mol. The Morgan fingerprint density at radius 1 is 0.909 bits per heavy atom. The van der Waals surface area contributed by atoms with Crippen LogP contribution in [0.4, 0.5) is 5.69 Å². The molecule has 11 atom stereocenters. The molecular formula is C38H53NO5. The molecule has 0 heterocycles. The summed E-state index contributed by atoms with van der Waals surface area (Å²) >= 11 is 0. The van der Waals surface area contributed by atoms with E-state index in [-0.39, 0.29) is 45.5 Å². The summed E-state index contributed by atoms with van der Waals surface area (Å²) in [4.78, 5) is 41.4. The lowest BCUT2D eigenvalue weighted by Crippen LogP contribution is -2.68. The maximum atomic E-state index is 14.7. The van der Waals surface area contributed by atoms with Crippen LogP contribution in [0.1, 0.15) is 107 Å². The summed E-state index contributed by atoms with van der Waals surface area (Å²) in [5.74, 6) is 1.06. The second kappa shape index (κ2) is 10.2. The molecule has 44 heavy (non-hydrogen) atoms. The van der Waals surface area contributed by atoms with Crippen molar-refractivity contribution in [2.75, 3.05) is 5.32 Å². The highest BCUT2D eigenvalue weighted by Gasteiger charge is 2.72. The standard InChI is InChI=1S/C38H53NO5/c1-22-13-16-34(4)19-20-36(6)27(31(34)23(22)2)21-28(42)32-35(5)17-15-30(44-24(3)40)38(8,29(35)14-18-37(32,36)7)33(43)39-25-9-11-26(41)12-10-25/h9-12,21-23,29-32,41H,13-20H2,1-8H3,(H,39,43)/t22-,23+,29?,30-,31?,32?,34-,35+,36-,37-,38-/m1/s1. The molecule has 0 spiro atoms. The van der Waals surface area contributed by atoms with Gasteiger partial charge in [-0.05, 0) is 134 Å². The summed E-state index contributed by atoms with van der Waals surface area (Å²) < 4.78 is 5.93. The molecule has 5 aliphatic rings. The van der Waals surface area contributed by atoms with Crippen LogP contribution in [-0.4, -0.2) is 28.9 Å².